The van der Waals surface area contributed by atoms with Crippen molar-refractivity contribution >= 4 is 65.0 Å². The third-order valence-electron chi connectivity index (χ3n) is 12.3. The summed E-state index contributed by atoms with van der Waals surface area (Å²) in [6, 6.07) is -8.51. The highest BCUT2D eigenvalue weighted by atomic mass is 16.3. The van der Waals surface area contributed by atoms with E-state index in [9.17, 15) is 73.2 Å². The van der Waals surface area contributed by atoms with Gasteiger partial charge in [0.1, 0.15) is 48.0 Å². The monoisotopic (exact) mass is 1060 g/mol. The van der Waals surface area contributed by atoms with Crippen molar-refractivity contribution in [2.24, 2.45) is 17.2 Å². The van der Waals surface area contributed by atoms with Crippen LogP contribution in [0.3, 0.4) is 0 Å². The maximum Gasteiger partial charge on any atom is 0.245 e. The lowest BCUT2D eigenvalue weighted by atomic mass is 10.0. The van der Waals surface area contributed by atoms with E-state index in [0.717, 1.165) is 39.0 Å². The zero-order chi connectivity index (χ0) is 56.0. The second-order valence-corrected chi connectivity index (χ2v) is 18.8. The van der Waals surface area contributed by atoms with Crippen LogP contribution in [0, 0.1) is 0 Å². The molecule has 26 heteroatoms. The first-order chi connectivity index (χ1) is 35.6. The number of amides is 11. The summed E-state index contributed by atoms with van der Waals surface area (Å²) in [5, 5.41) is 59.7. The molecule has 26 nitrogen and oxygen atoms in total. The Morgan fingerprint density at radius 2 is 0.933 bits per heavy atom. The van der Waals surface area contributed by atoms with E-state index in [1.807, 2.05) is 0 Å². The van der Waals surface area contributed by atoms with E-state index in [4.69, 9.17) is 17.2 Å². The summed E-state index contributed by atoms with van der Waals surface area (Å²) in [5.74, 6) is -12.6. The minimum Gasteiger partial charge on any atom is -0.508 e. The third kappa shape index (κ3) is 25.2. The maximum atomic E-state index is 14.1. The van der Waals surface area contributed by atoms with Gasteiger partial charge in [-0.1, -0.05) is 96.1 Å². The van der Waals surface area contributed by atoms with Crippen LogP contribution in [0.2, 0.25) is 0 Å². The first-order valence-corrected chi connectivity index (χ1v) is 25.5. The molecule has 1 aliphatic rings. The number of rotatable bonds is 25. The number of hydrogen-bond acceptors (Lipinski definition) is 15. The molecule has 1 aliphatic heterocycles. The van der Waals surface area contributed by atoms with Crippen LogP contribution in [-0.4, -0.2) is 153 Å². The van der Waals surface area contributed by atoms with Crippen LogP contribution in [0.25, 0.3) is 0 Å². The summed E-state index contributed by atoms with van der Waals surface area (Å²) in [5.41, 5.74) is 16.5. The Morgan fingerprint density at radius 1 is 0.520 bits per heavy atom. The normalized spacial score (nSPS) is 23.5. The van der Waals surface area contributed by atoms with Crippen LogP contribution in [-0.2, 0) is 59.2 Å². The molecule has 1 fully saturated rings. The van der Waals surface area contributed by atoms with E-state index in [1.54, 1.807) is 0 Å². The van der Waals surface area contributed by atoms with Crippen molar-refractivity contribution in [1.82, 2.24) is 42.5 Å². The fourth-order valence-corrected chi connectivity index (χ4v) is 8.09. The molecule has 0 bridgehead atoms. The lowest BCUT2D eigenvalue weighted by molar-refractivity contribution is -0.137. The summed E-state index contributed by atoms with van der Waals surface area (Å²) >= 11 is 0. The van der Waals surface area contributed by atoms with Gasteiger partial charge in [-0.05, 0) is 37.5 Å². The van der Waals surface area contributed by atoms with Gasteiger partial charge in [0.2, 0.25) is 65.0 Å². The van der Waals surface area contributed by atoms with Gasteiger partial charge in [0.15, 0.2) is 0 Å². The SMILES string of the molecule is CCCCCCCCCCCCCC[C@@H]1CC(=O)N[C@@H](CO)C(=O)N[C@@H](CCC(N)=O)C(=O)N[C@@H](CC(N)=O)C(=O)N[C@H](Cc2ccc(O)cc2)C(=O)N[C@@H](CC(N)=O)C(=O)N[C@H](CO)C(=O)N[C@@H]([C@@H](C)O)C(=O)N1. The second kappa shape index (κ2) is 34.5. The average Bonchev–Trinajstić information content (AvgIpc) is 3.34. The Balaban J connectivity index is 2.62. The highest BCUT2D eigenvalue weighted by molar-refractivity contribution is 6.00. The number of aromatic hydroxyl groups is 1. The van der Waals surface area contributed by atoms with E-state index in [2.05, 4.69) is 49.5 Å². The van der Waals surface area contributed by atoms with Gasteiger partial charge in [0.05, 0.1) is 32.2 Å². The van der Waals surface area contributed by atoms with Gasteiger partial charge < -0.3 is 80.2 Å². The first-order valence-electron chi connectivity index (χ1n) is 25.5. The van der Waals surface area contributed by atoms with Crippen molar-refractivity contribution in [2.45, 2.75) is 190 Å². The number of phenolic OH excluding ortho intramolecular Hbond substituents is 1. The van der Waals surface area contributed by atoms with Crippen molar-refractivity contribution in [1.29, 1.82) is 0 Å². The Bertz CT molecular complexity index is 2080. The molecule has 1 aromatic rings. The van der Waals surface area contributed by atoms with Crippen molar-refractivity contribution in [3.8, 4) is 5.75 Å². The molecule has 1 aromatic carbocycles. The number of aliphatic hydroxyl groups is 3. The lowest BCUT2D eigenvalue weighted by Gasteiger charge is -2.28. The molecule has 18 N–H and O–H groups in total. The van der Waals surface area contributed by atoms with Crippen molar-refractivity contribution in [3.05, 3.63) is 29.8 Å². The fourth-order valence-electron chi connectivity index (χ4n) is 8.09. The van der Waals surface area contributed by atoms with Gasteiger partial charge in [-0.15, -0.1) is 0 Å². The number of phenols is 1. The van der Waals surface area contributed by atoms with Gasteiger partial charge in [0.25, 0.3) is 0 Å². The molecule has 0 saturated carbocycles. The van der Waals surface area contributed by atoms with Crippen molar-refractivity contribution in [3.63, 3.8) is 0 Å². The zero-order valence-corrected chi connectivity index (χ0v) is 42.9. The highest BCUT2D eigenvalue weighted by Gasteiger charge is 2.36. The lowest BCUT2D eigenvalue weighted by Crippen LogP contribution is -2.62. The molecule has 0 aliphatic carbocycles. The summed E-state index contributed by atoms with van der Waals surface area (Å²) in [6.07, 6.45) is 7.02. The smallest absolute Gasteiger partial charge is 0.245 e. The quantitative estimate of drug-likeness (QED) is 0.0427. The van der Waals surface area contributed by atoms with Gasteiger partial charge in [-0.3, -0.25) is 52.7 Å². The molecular weight excluding hydrogens is 983 g/mol. The van der Waals surface area contributed by atoms with Gasteiger partial charge >= 0.3 is 0 Å². The predicted octanol–water partition coefficient (Wildman–Crippen LogP) is -3.31. The molecule has 420 valence electrons. The van der Waals surface area contributed by atoms with Gasteiger partial charge in [-0.25, -0.2) is 0 Å². The maximum absolute atomic E-state index is 14.1. The summed E-state index contributed by atoms with van der Waals surface area (Å²) in [4.78, 5) is 147. The van der Waals surface area contributed by atoms with E-state index in [-0.39, 0.29) is 17.7 Å². The number of unbranched alkanes of at least 4 members (excludes halogenated alkanes) is 11. The van der Waals surface area contributed by atoms with Gasteiger partial charge in [0, 0.05) is 25.3 Å². The Morgan fingerprint density at radius 3 is 1.41 bits per heavy atom. The Hall–Kier alpha value is -6.93. The molecule has 1 heterocycles. The predicted molar refractivity (Wildman–Crippen MR) is 269 cm³/mol. The Kier molecular flexibility index (Phi) is 29.6. The number of hydrogen-bond donors (Lipinski definition) is 15. The molecule has 0 spiro atoms. The molecule has 2 rings (SSSR count). The van der Waals surface area contributed by atoms with E-state index >= 15 is 0 Å². The summed E-state index contributed by atoms with van der Waals surface area (Å²) in [6.45, 7) is 1.16. The van der Waals surface area contributed by atoms with Crippen LogP contribution in [0.15, 0.2) is 24.3 Å². The molecule has 9 atom stereocenters. The molecule has 11 amide bonds. The zero-order valence-electron chi connectivity index (χ0n) is 42.9. The standard InChI is InChI=1S/C49H79N11O15/c1-3-4-5-6-7-8-9-10-11-12-13-14-15-30-23-41(68)54-36(26-61)47(73)55-32(20-21-38(50)65)43(69)57-34(24-39(51)66)45(71)56-33(22-29-16-18-31(64)19-17-29)44(70)58-35(25-40(52)67)46(72)59-37(27-62)48(74)60-42(28(2)63)49(75)53-30/h16-19,28,30,32-37,42,61-64H,3-15,20-27H2,1-2H3,(H2,50,65)(H2,51,66)(H2,52,67)(H,53,75)(H,54,68)(H,55,73)(H,56,71)(H,57,69)(H,58,70)(H,59,72)(H,60,74)/t28-,30-,32+,33-,34+,35+,36+,37-,42+/m1/s1. The number of carbonyl (C=O) groups is 11. The molecule has 75 heavy (non-hydrogen) atoms. The molecule has 0 aromatic heterocycles. The van der Waals surface area contributed by atoms with Crippen LogP contribution in [0.5, 0.6) is 5.75 Å². The van der Waals surface area contributed by atoms with E-state index in [1.165, 1.54) is 56.4 Å². The first kappa shape index (κ1) is 64.2. The third-order valence-corrected chi connectivity index (χ3v) is 12.3. The number of benzene rings is 1. The largest absolute Gasteiger partial charge is 0.508 e. The topological polar surface area (TPSA) is 443 Å². The van der Waals surface area contributed by atoms with Gasteiger partial charge in [-0.2, -0.15) is 0 Å². The number of aliphatic hydroxyl groups excluding tert-OH is 3. The van der Waals surface area contributed by atoms with Crippen LogP contribution >= 0.6 is 0 Å². The molecule has 0 unspecified atom stereocenters. The van der Waals surface area contributed by atoms with E-state index in [0.29, 0.717) is 12.8 Å². The fraction of sp³-hybridized carbons (Fsp3) is 0.653. The minimum atomic E-state index is -1.91. The number of primary amides is 3. The van der Waals surface area contributed by atoms with Crippen molar-refractivity contribution in [2.75, 3.05) is 13.2 Å². The van der Waals surface area contributed by atoms with Crippen LogP contribution in [0.1, 0.15) is 135 Å². The second-order valence-electron chi connectivity index (χ2n) is 18.8. The van der Waals surface area contributed by atoms with Crippen molar-refractivity contribution < 1.29 is 73.2 Å². The Labute approximate surface area is 435 Å². The number of nitrogens with two attached hydrogens (primary N) is 3. The van der Waals surface area contributed by atoms with Crippen LogP contribution in [0.4, 0.5) is 0 Å². The molecular formula is C49H79N11O15. The summed E-state index contributed by atoms with van der Waals surface area (Å²) in [7, 11) is 0. The number of nitrogens with one attached hydrogen (secondary N) is 8. The van der Waals surface area contributed by atoms with E-state index < -0.39 is 171 Å². The summed E-state index contributed by atoms with van der Waals surface area (Å²) < 4.78 is 0. The highest BCUT2D eigenvalue weighted by Crippen LogP contribution is 2.16. The average molecular weight is 1060 g/mol. The van der Waals surface area contributed by atoms with Crippen LogP contribution < -0.4 is 59.7 Å². The number of carbonyl (C=O) groups excluding carboxylic acids is 11. The molecule has 0 radical (unpaired) electrons. The molecule has 1 saturated heterocycles. The minimum absolute atomic E-state index is 0.179.